The molecule has 0 bridgehead atoms. The van der Waals surface area contributed by atoms with Crippen LogP contribution in [0.1, 0.15) is 12.8 Å². The van der Waals surface area contributed by atoms with Crippen molar-refractivity contribution >= 4 is 34.6 Å². The number of nitro groups is 1. The first-order valence-corrected chi connectivity index (χ1v) is 7.74. The fourth-order valence-corrected chi connectivity index (χ4v) is 3.49. The Hall–Kier alpha value is -1.76. The molecule has 20 heavy (non-hydrogen) atoms. The lowest BCUT2D eigenvalue weighted by Crippen LogP contribution is -2.19. The lowest BCUT2D eigenvalue weighted by atomic mass is 10.0. The largest absolute Gasteiger partial charge is 0.424 e. The average Bonchev–Trinajstić information content (AvgIpc) is 2.88. The maximum atomic E-state index is 10.7. The van der Waals surface area contributed by atoms with Gasteiger partial charge in [0.25, 0.3) is 11.7 Å². The monoisotopic (exact) mass is 293 g/mol. The molecule has 106 valence electrons. The number of rotatable bonds is 4. The first kappa shape index (κ1) is 13.2. The third-order valence-corrected chi connectivity index (χ3v) is 4.51. The summed E-state index contributed by atoms with van der Waals surface area (Å²) in [5, 5.41) is 13.9. The van der Waals surface area contributed by atoms with E-state index in [9.17, 15) is 10.1 Å². The Balaban J connectivity index is 1.70. The second-order valence-corrected chi connectivity index (χ2v) is 6.09. The summed E-state index contributed by atoms with van der Waals surface area (Å²) in [7, 11) is 0. The quantitative estimate of drug-likeness (QED) is 0.688. The molecule has 0 radical (unpaired) electrons. The van der Waals surface area contributed by atoms with Crippen molar-refractivity contribution < 1.29 is 9.34 Å². The molecule has 6 nitrogen and oxygen atoms in total. The maximum Gasteiger partial charge on any atom is 0.295 e. The van der Waals surface area contributed by atoms with Crippen molar-refractivity contribution in [1.29, 1.82) is 0 Å². The Kier molecular flexibility index (Phi) is 3.77. The van der Waals surface area contributed by atoms with Gasteiger partial charge in [-0.1, -0.05) is 0 Å². The number of non-ortho nitro benzene ring substituents is 1. The van der Waals surface area contributed by atoms with Crippen molar-refractivity contribution in [2.24, 2.45) is 5.92 Å². The van der Waals surface area contributed by atoms with Gasteiger partial charge in [-0.3, -0.25) is 10.1 Å². The molecule has 0 unspecified atom stereocenters. The third kappa shape index (κ3) is 2.87. The van der Waals surface area contributed by atoms with Gasteiger partial charge in [0.15, 0.2) is 5.58 Å². The number of anilines is 1. The van der Waals surface area contributed by atoms with E-state index in [2.05, 4.69) is 10.3 Å². The molecule has 0 saturated carbocycles. The number of thioether (sulfide) groups is 1. The van der Waals surface area contributed by atoms with E-state index in [0.717, 1.165) is 6.54 Å². The molecule has 2 heterocycles. The zero-order valence-corrected chi connectivity index (χ0v) is 11.7. The van der Waals surface area contributed by atoms with E-state index in [0.29, 0.717) is 23.0 Å². The minimum absolute atomic E-state index is 0.0293. The fraction of sp³-hybridized carbons (Fsp3) is 0.462. The number of nitrogens with zero attached hydrogens (tertiary/aromatic N) is 2. The number of aromatic nitrogens is 1. The molecule has 1 fully saturated rings. The van der Waals surface area contributed by atoms with Crippen molar-refractivity contribution in [3.05, 3.63) is 28.3 Å². The lowest BCUT2D eigenvalue weighted by molar-refractivity contribution is -0.384. The predicted molar refractivity (Wildman–Crippen MR) is 79.2 cm³/mol. The summed E-state index contributed by atoms with van der Waals surface area (Å²) in [4.78, 5) is 14.5. The number of oxazole rings is 1. The van der Waals surface area contributed by atoms with E-state index in [1.807, 2.05) is 11.8 Å². The van der Waals surface area contributed by atoms with Crippen LogP contribution in [0.2, 0.25) is 0 Å². The molecular weight excluding hydrogens is 278 g/mol. The van der Waals surface area contributed by atoms with Gasteiger partial charge in [-0.25, -0.2) is 0 Å². The molecule has 0 spiro atoms. The van der Waals surface area contributed by atoms with Gasteiger partial charge in [-0.2, -0.15) is 16.7 Å². The van der Waals surface area contributed by atoms with Crippen molar-refractivity contribution in [3.63, 3.8) is 0 Å². The Bertz CT molecular complexity index is 622. The average molecular weight is 293 g/mol. The highest BCUT2D eigenvalue weighted by molar-refractivity contribution is 7.99. The van der Waals surface area contributed by atoms with Crippen molar-refractivity contribution in [1.82, 2.24) is 4.98 Å². The number of nitrogens with one attached hydrogen (secondary N) is 1. The van der Waals surface area contributed by atoms with E-state index in [1.54, 1.807) is 6.07 Å². The van der Waals surface area contributed by atoms with Gasteiger partial charge in [-0.15, -0.1) is 0 Å². The van der Waals surface area contributed by atoms with Crippen molar-refractivity contribution in [3.8, 4) is 0 Å². The summed E-state index contributed by atoms with van der Waals surface area (Å²) >= 11 is 2.00. The van der Waals surface area contributed by atoms with Crippen LogP contribution in [0.15, 0.2) is 22.6 Å². The first-order chi connectivity index (χ1) is 9.72. The van der Waals surface area contributed by atoms with Crippen molar-refractivity contribution in [2.75, 3.05) is 23.4 Å². The van der Waals surface area contributed by atoms with E-state index in [4.69, 9.17) is 4.42 Å². The number of nitro benzene ring substituents is 1. The summed E-state index contributed by atoms with van der Waals surface area (Å²) in [5.41, 5.74) is 1.11. The summed E-state index contributed by atoms with van der Waals surface area (Å²) in [6, 6.07) is 4.89. The molecule has 0 aliphatic carbocycles. The van der Waals surface area contributed by atoms with E-state index in [-0.39, 0.29) is 5.69 Å². The Morgan fingerprint density at radius 3 is 3.00 bits per heavy atom. The summed E-state index contributed by atoms with van der Waals surface area (Å²) in [6.45, 7) is 0.843. The standard InChI is InChI=1S/C13H15N3O3S/c17-16(18)10-1-2-12-11(7-10)15-13(19-12)14-8-9-3-5-20-6-4-9/h1-2,7,9H,3-6,8H2,(H,14,15). The first-order valence-electron chi connectivity index (χ1n) is 6.59. The highest BCUT2D eigenvalue weighted by atomic mass is 32.2. The van der Waals surface area contributed by atoms with Gasteiger partial charge < -0.3 is 9.73 Å². The zero-order chi connectivity index (χ0) is 13.9. The Morgan fingerprint density at radius 1 is 1.45 bits per heavy atom. The maximum absolute atomic E-state index is 10.7. The summed E-state index contributed by atoms with van der Waals surface area (Å²) in [6.07, 6.45) is 2.42. The minimum Gasteiger partial charge on any atom is -0.424 e. The SMILES string of the molecule is O=[N+]([O-])c1ccc2oc(NCC3CCSCC3)nc2c1. The molecule has 1 N–H and O–H groups in total. The smallest absolute Gasteiger partial charge is 0.295 e. The summed E-state index contributed by atoms with van der Waals surface area (Å²) < 4.78 is 5.54. The normalized spacial score (nSPS) is 16.4. The van der Waals surface area contributed by atoms with Crippen LogP contribution in [-0.2, 0) is 0 Å². The highest BCUT2D eigenvalue weighted by Crippen LogP contribution is 2.25. The molecule has 0 amide bonds. The second kappa shape index (κ2) is 5.70. The third-order valence-electron chi connectivity index (χ3n) is 3.46. The van der Waals surface area contributed by atoms with Gasteiger partial charge in [0.05, 0.1) is 4.92 Å². The number of benzene rings is 1. The van der Waals surface area contributed by atoms with Crippen LogP contribution in [0.4, 0.5) is 11.7 Å². The second-order valence-electron chi connectivity index (χ2n) is 4.86. The molecule has 0 atom stereocenters. The molecule has 1 aliphatic rings. The Morgan fingerprint density at radius 2 is 2.25 bits per heavy atom. The molecule has 1 aromatic heterocycles. The van der Waals surface area contributed by atoms with Crippen LogP contribution >= 0.6 is 11.8 Å². The number of hydrogen-bond donors (Lipinski definition) is 1. The Labute approximate surface area is 120 Å². The van der Waals surface area contributed by atoms with Crippen LogP contribution in [0, 0.1) is 16.0 Å². The van der Waals surface area contributed by atoms with Crippen LogP contribution in [0.25, 0.3) is 11.1 Å². The van der Waals surface area contributed by atoms with Crippen LogP contribution in [-0.4, -0.2) is 28.0 Å². The van der Waals surface area contributed by atoms with Gasteiger partial charge in [0, 0.05) is 18.7 Å². The van der Waals surface area contributed by atoms with Gasteiger partial charge in [0.1, 0.15) is 5.52 Å². The van der Waals surface area contributed by atoms with Crippen LogP contribution in [0.5, 0.6) is 0 Å². The van der Waals surface area contributed by atoms with Gasteiger partial charge in [0.2, 0.25) is 0 Å². The molecule has 2 aromatic rings. The molecule has 1 aromatic carbocycles. The molecule has 3 rings (SSSR count). The highest BCUT2D eigenvalue weighted by Gasteiger charge is 2.15. The molecule has 7 heteroatoms. The molecular formula is C13H15N3O3S. The van der Waals surface area contributed by atoms with Crippen LogP contribution in [0.3, 0.4) is 0 Å². The molecule has 1 aliphatic heterocycles. The zero-order valence-electron chi connectivity index (χ0n) is 10.9. The summed E-state index contributed by atoms with van der Waals surface area (Å²) in [5.74, 6) is 3.08. The predicted octanol–water partition coefficient (Wildman–Crippen LogP) is 3.29. The van der Waals surface area contributed by atoms with Gasteiger partial charge in [-0.05, 0) is 36.3 Å². The topological polar surface area (TPSA) is 81.2 Å². The van der Waals surface area contributed by atoms with Crippen molar-refractivity contribution in [2.45, 2.75) is 12.8 Å². The fourth-order valence-electron chi connectivity index (χ4n) is 2.29. The van der Waals surface area contributed by atoms with Crippen LogP contribution < -0.4 is 5.32 Å². The van der Waals surface area contributed by atoms with E-state index in [1.165, 1.54) is 36.5 Å². The minimum atomic E-state index is -0.430. The molecule has 1 saturated heterocycles. The number of hydrogen-bond acceptors (Lipinski definition) is 6. The van der Waals surface area contributed by atoms with E-state index >= 15 is 0 Å². The number of fused-ring (bicyclic) bond motifs is 1. The lowest BCUT2D eigenvalue weighted by Gasteiger charge is -2.20. The van der Waals surface area contributed by atoms with E-state index < -0.39 is 4.92 Å². The van der Waals surface area contributed by atoms with Gasteiger partial charge >= 0.3 is 0 Å².